The predicted molar refractivity (Wildman–Crippen MR) is 121 cm³/mol. The Balaban J connectivity index is 1.44. The third-order valence-electron chi connectivity index (χ3n) is 5.26. The van der Waals surface area contributed by atoms with Crippen LogP contribution in [0.25, 0.3) is 0 Å². The first-order valence-electron chi connectivity index (χ1n) is 10.3. The maximum atomic E-state index is 6.24. The van der Waals surface area contributed by atoms with Crippen LogP contribution in [0.5, 0.6) is 0 Å². The van der Waals surface area contributed by atoms with Crippen LogP contribution in [-0.2, 0) is 6.42 Å². The van der Waals surface area contributed by atoms with Crippen molar-refractivity contribution in [1.29, 1.82) is 0 Å². The van der Waals surface area contributed by atoms with Crippen LogP contribution in [0.3, 0.4) is 0 Å². The minimum absolute atomic E-state index is 0.410. The molecule has 0 aliphatic rings. The number of aryl methyl sites for hydroxylation is 1. The van der Waals surface area contributed by atoms with Crippen molar-refractivity contribution < 1.29 is 0 Å². The molecular formula is C26H30ClN. The molecule has 2 heteroatoms. The SMILES string of the molecule is Cc1ccc(CCNCCCCC(c2ccccc2)c2cccc(Cl)c2)cc1. The number of halogens is 1. The summed E-state index contributed by atoms with van der Waals surface area (Å²) in [6, 6.07) is 27.9. The number of rotatable bonds is 10. The average molecular weight is 392 g/mol. The van der Waals surface area contributed by atoms with Gasteiger partial charge in [-0.25, -0.2) is 0 Å². The van der Waals surface area contributed by atoms with E-state index in [1.54, 1.807) is 0 Å². The second kappa shape index (κ2) is 11.0. The number of nitrogens with one attached hydrogen (secondary N) is 1. The monoisotopic (exact) mass is 391 g/mol. The summed E-state index contributed by atoms with van der Waals surface area (Å²) < 4.78 is 0. The standard InChI is InChI=1S/C26H30ClN/c1-21-13-15-22(16-14-21)17-19-28-18-6-5-12-26(23-8-3-2-4-9-23)24-10-7-11-25(27)20-24/h2-4,7-11,13-16,20,26,28H,5-6,12,17-19H2,1H3. The Morgan fingerprint density at radius 3 is 2.29 bits per heavy atom. The molecule has 0 aromatic heterocycles. The smallest absolute Gasteiger partial charge is 0.0408 e. The molecule has 0 radical (unpaired) electrons. The zero-order valence-corrected chi connectivity index (χ0v) is 17.5. The van der Waals surface area contributed by atoms with Gasteiger partial charge in [0.05, 0.1) is 0 Å². The van der Waals surface area contributed by atoms with Crippen molar-refractivity contribution in [3.8, 4) is 0 Å². The third kappa shape index (κ3) is 6.51. The van der Waals surface area contributed by atoms with Crippen molar-refractivity contribution in [2.24, 2.45) is 0 Å². The van der Waals surface area contributed by atoms with Gasteiger partial charge in [-0.3, -0.25) is 0 Å². The second-order valence-electron chi connectivity index (χ2n) is 7.50. The fraction of sp³-hybridized carbons (Fsp3) is 0.308. The van der Waals surface area contributed by atoms with Crippen molar-refractivity contribution >= 4 is 11.6 Å². The Bertz CT molecular complexity index is 827. The lowest BCUT2D eigenvalue weighted by molar-refractivity contribution is 0.580. The first kappa shape index (κ1) is 20.6. The van der Waals surface area contributed by atoms with Crippen LogP contribution < -0.4 is 5.32 Å². The maximum Gasteiger partial charge on any atom is 0.0408 e. The van der Waals surface area contributed by atoms with Gasteiger partial charge in [0.15, 0.2) is 0 Å². The fourth-order valence-corrected chi connectivity index (χ4v) is 3.84. The summed E-state index contributed by atoms with van der Waals surface area (Å²) in [5.41, 5.74) is 5.41. The molecule has 28 heavy (non-hydrogen) atoms. The minimum atomic E-state index is 0.410. The highest BCUT2D eigenvalue weighted by molar-refractivity contribution is 6.30. The van der Waals surface area contributed by atoms with Crippen LogP contribution in [0.4, 0.5) is 0 Å². The van der Waals surface area contributed by atoms with Crippen LogP contribution >= 0.6 is 11.6 Å². The molecule has 0 spiro atoms. The summed E-state index contributed by atoms with van der Waals surface area (Å²) in [6.07, 6.45) is 4.63. The minimum Gasteiger partial charge on any atom is -0.316 e. The van der Waals surface area contributed by atoms with Crippen molar-refractivity contribution in [2.75, 3.05) is 13.1 Å². The highest BCUT2D eigenvalue weighted by atomic mass is 35.5. The van der Waals surface area contributed by atoms with Gasteiger partial charge in [0.2, 0.25) is 0 Å². The number of hydrogen-bond donors (Lipinski definition) is 1. The lowest BCUT2D eigenvalue weighted by Gasteiger charge is -2.18. The molecular weight excluding hydrogens is 362 g/mol. The molecule has 0 aliphatic carbocycles. The molecule has 0 amide bonds. The van der Waals surface area contributed by atoms with Crippen LogP contribution in [-0.4, -0.2) is 13.1 Å². The van der Waals surface area contributed by atoms with E-state index in [1.807, 2.05) is 6.07 Å². The summed E-state index contributed by atoms with van der Waals surface area (Å²) in [6.45, 7) is 4.25. The van der Waals surface area contributed by atoms with Crippen molar-refractivity contribution in [3.05, 3.63) is 106 Å². The van der Waals surface area contributed by atoms with Crippen LogP contribution in [0.2, 0.25) is 5.02 Å². The Labute approximate surface area is 174 Å². The third-order valence-corrected chi connectivity index (χ3v) is 5.50. The van der Waals surface area contributed by atoms with E-state index in [9.17, 15) is 0 Å². The lowest BCUT2D eigenvalue weighted by atomic mass is 9.87. The van der Waals surface area contributed by atoms with Gasteiger partial charge in [-0.05, 0) is 68.1 Å². The highest BCUT2D eigenvalue weighted by Crippen LogP contribution is 2.31. The molecule has 0 heterocycles. The Morgan fingerprint density at radius 1 is 0.786 bits per heavy atom. The molecule has 1 atom stereocenters. The largest absolute Gasteiger partial charge is 0.316 e. The molecule has 3 rings (SSSR count). The number of benzene rings is 3. The average Bonchev–Trinajstić information content (AvgIpc) is 2.72. The molecule has 1 nitrogen and oxygen atoms in total. The van der Waals surface area contributed by atoms with Crippen LogP contribution in [0, 0.1) is 6.92 Å². The normalized spacial score (nSPS) is 12.1. The van der Waals surface area contributed by atoms with E-state index < -0.39 is 0 Å². The van der Waals surface area contributed by atoms with Crippen molar-refractivity contribution in [2.45, 2.75) is 38.5 Å². The van der Waals surface area contributed by atoms with Gasteiger partial charge < -0.3 is 5.32 Å². The van der Waals surface area contributed by atoms with E-state index in [0.717, 1.165) is 31.0 Å². The van der Waals surface area contributed by atoms with Gasteiger partial charge in [-0.1, -0.05) is 90.3 Å². The first-order valence-corrected chi connectivity index (χ1v) is 10.7. The van der Waals surface area contributed by atoms with Crippen molar-refractivity contribution in [1.82, 2.24) is 5.32 Å². The Hall–Kier alpha value is -2.09. The van der Waals surface area contributed by atoms with Crippen molar-refractivity contribution in [3.63, 3.8) is 0 Å². The van der Waals surface area contributed by atoms with E-state index in [2.05, 4.69) is 85.0 Å². The van der Waals surface area contributed by atoms with E-state index in [-0.39, 0.29) is 0 Å². The van der Waals surface area contributed by atoms with Gasteiger partial charge in [-0.2, -0.15) is 0 Å². The number of hydrogen-bond acceptors (Lipinski definition) is 1. The Morgan fingerprint density at radius 2 is 1.54 bits per heavy atom. The quantitative estimate of drug-likeness (QED) is 0.375. The maximum absolute atomic E-state index is 6.24. The molecule has 1 unspecified atom stereocenters. The summed E-state index contributed by atoms with van der Waals surface area (Å²) in [5, 5.41) is 4.41. The fourth-order valence-electron chi connectivity index (χ4n) is 3.65. The first-order chi connectivity index (χ1) is 13.7. The van der Waals surface area contributed by atoms with Gasteiger partial charge >= 0.3 is 0 Å². The highest BCUT2D eigenvalue weighted by Gasteiger charge is 2.14. The van der Waals surface area contributed by atoms with E-state index in [1.165, 1.54) is 35.1 Å². The molecule has 0 saturated heterocycles. The zero-order chi connectivity index (χ0) is 19.6. The molecule has 0 saturated carbocycles. The van der Waals surface area contributed by atoms with Gasteiger partial charge in [-0.15, -0.1) is 0 Å². The lowest BCUT2D eigenvalue weighted by Crippen LogP contribution is -2.18. The second-order valence-corrected chi connectivity index (χ2v) is 7.94. The molecule has 3 aromatic carbocycles. The summed E-state index contributed by atoms with van der Waals surface area (Å²) in [5.74, 6) is 0.410. The number of unbranched alkanes of at least 4 members (excludes halogenated alkanes) is 1. The predicted octanol–water partition coefficient (Wildman–Crippen LogP) is 6.78. The van der Waals surface area contributed by atoms with E-state index in [0.29, 0.717) is 5.92 Å². The molecule has 1 N–H and O–H groups in total. The molecule has 0 bridgehead atoms. The summed E-state index contributed by atoms with van der Waals surface area (Å²) in [7, 11) is 0. The van der Waals surface area contributed by atoms with E-state index >= 15 is 0 Å². The van der Waals surface area contributed by atoms with Gasteiger partial charge in [0.25, 0.3) is 0 Å². The van der Waals surface area contributed by atoms with Crippen LogP contribution in [0.15, 0.2) is 78.9 Å². The Kier molecular flexibility index (Phi) is 8.14. The topological polar surface area (TPSA) is 12.0 Å². The molecule has 146 valence electrons. The van der Waals surface area contributed by atoms with E-state index in [4.69, 9.17) is 11.6 Å². The summed E-state index contributed by atoms with van der Waals surface area (Å²) in [4.78, 5) is 0. The molecule has 0 aliphatic heterocycles. The van der Waals surface area contributed by atoms with Gasteiger partial charge in [0.1, 0.15) is 0 Å². The zero-order valence-electron chi connectivity index (χ0n) is 16.7. The molecule has 0 fully saturated rings. The van der Waals surface area contributed by atoms with Gasteiger partial charge in [0, 0.05) is 10.9 Å². The summed E-state index contributed by atoms with van der Waals surface area (Å²) >= 11 is 6.24. The van der Waals surface area contributed by atoms with Crippen LogP contribution in [0.1, 0.15) is 47.4 Å². The molecule has 3 aromatic rings.